The first-order chi connectivity index (χ1) is 15.5. The highest BCUT2D eigenvalue weighted by molar-refractivity contribution is 5.88. The first kappa shape index (κ1) is 23.0. The minimum absolute atomic E-state index is 0.169. The van der Waals surface area contributed by atoms with Crippen LogP contribution < -0.4 is 21.3 Å². The van der Waals surface area contributed by atoms with Crippen LogP contribution in [0, 0.1) is 11.8 Å². The van der Waals surface area contributed by atoms with E-state index in [2.05, 4.69) is 30.6 Å². The van der Waals surface area contributed by atoms with Crippen molar-refractivity contribution < 1.29 is 13.6 Å². The Morgan fingerprint density at radius 2 is 2.03 bits per heavy atom. The lowest BCUT2D eigenvalue weighted by Gasteiger charge is -2.35. The summed E-state index contributed by atoms with van der Waals surface area (Å²) in [5, 5.41) is 4.89. The number of carbonyl (C=O) groups is 1. The topological polar surface area (TPSA) is 125 Å². The Labute approximate surface area is 184 Å². The lowest BCUT2D eigenvalue weighted by Crippen LogP contribution is -2.46. The van der Waals surface area contributed by atoms with Crippen molar-refractivity contribution in [2.24, 2.45) is 10.7 Å². The van der Waals surface area contributed by atoms with E-state index in [9.17, 15) is 13.6 Å². The predicted octanol–water partition coefficient (Wildman–Crippen LogP) is 1.79. The molecule has 2 aromatic rings. The lowest BCUT2D eigenvalue weighted by molar-refractivity contribution is 0.242. The summed E-state index contributed by atoms with van der Waals surface area (Å²) < 4.78 is 29.1. The van der Waals surface area contributed by atoms with Crippen molar-refractivity contribution >= 4 is 29.6 Å². The molecule has 10 nitrogen and oxygen atoms in total. The van der Waals surface area contributed by atoms with Crippen LogP contribution in [0.4, 0.5) is 30.9 Å². The standard InChI is InChI=1S/C20H25F2N9O/c1-2-24-20(32)29-19-17(21)14(26-13-27-19)12-30-8-10-31(11-9-30)15-4-5-16(28-18(15)22)25-7-3-6-23/h3-7,13H,2,8-12,23H2,1H3,(H2,24,26,27,29,32)/b6-3-,25-7?. The summed E-state index contributed by atoms with van der Waals surface area (Å²) in [6, 6.07) is 2.73. The van der Waals surface area contributed by atoms with E-state index in [0.717, 1.165) is 0 Å². The van der Waals surface area contributed by atoms with Gasteiger partial charge in [-0.25, -0.2) is 24.1 Å². The number of aromatic nitrogens is 3. The van der Waals surface area contributed by atoms with E-state index in [-0.39, 0.29) is 23.9 Å². The summed E-state index contributed by atoms with van der Waals surface area (Å²) in [5.41, 5.74) is 5.80. The first-order valence-electron chi connectivity index (χ1n) is 10.1. The number of amides is 2. The summed E-state index contributed by atoms with van der Waals surface area (Å²) >= 11 is 0. The lowest BCUT2D eigenvalue weighted by atomic mass is 10.2. The molecule has 1 saturated heterocycles. The monoisotopic (exact) mass is 445 g/mol. The van der Waals surface area contributed by atoms with Crippen molar-refractivity contribution in [2.75, 3.05) is 42.9 Å². The van der Waals surface area contributed by atoms with Gasteiger partial charge in [0.15, 0.2) is 17.5 Å². The number of hydrogen-bond acceptors (Lipinski definition) is 8. The average molecular weight is 445 g/mol. The van der Waals surface area contributed by atoms with Crippen molar-refractivity contribution in [3.8, 4) is 0 Å². The molecule has 2 aromatic heterocycles. The predicted molar refractivity (Wildman–Crippen MR) is 118 cm³/mol. The number of halogens is 2. The molecule has 12 heteroatoms. The Morgan fingerprint density at radius 1 is 1.25 bits per heavy atom. The van der Waals surface area contributed by atoms with E-state index in [4.69, 9.17) is 5.73 Å². The minimum atomic E-state index is -0.669. The second-order valence-electron chi connectivity index (χ2n) is 6.87. The molecule has 0 radical (unpaired) electrons. The third-order valence-corrected chi connectivity index (χ3v) is 4.74. The quantitative estimate of drug-likeness (QED) is 0.438. The fraction of sp³-hybridized carbons (Fsp3) is 0.350. The number of nitrogens with zero attached hydrogens (tertiary/aromatic N) is 6. The SMILES string of the molecule is CCNC(=O)Nc1ncnc(CN2CCN(c3ccc(N=C/C=C\N)nc3F)CC2)c1F. The van der Waals surface area contributed by atoms with Gasteiger partial charge in [-0.1, -0.05) is 0 Å². The van der Waals surface area contributed by atoms with Crippen LogP contribution >= 0.6 is 0 Å². The zero-order valence-electron chi connectivity index (χ0n) is 17.6. The van der Waals surface area contributed by atoms with E-state index in [1.165, 1.54) is 24.8 Å². The molecule has 0 atom stereocenters. The zero-order valence-corrected chi connectivity index (χ0v) is 17.6. The molecular weight excluding hydrogens is 420 g/mol. The van der Waals surface area contributed by atoms with Gasteiger partial charge in [0, 0.05) is 45.5 Å². The Morgan fingerprint density at radius 3 is 2.72 bits per heavy atom. The fourth-order valence-electron chi connectivity index (χ4n) is 3.17. The number of nitrogens with one attached hydrogen (secondary N) is 2. The number of nitrogens with two attached hydrogens (primary N) is 1. The normalized spacial score (nSPS) is 14.9. The highest BCUT2D eigenvalue weighted by atomic mass is 19.1. The highest BCUT2D eigenvalue weighted by Crippen LogP contribution is 2.23. The molecule has 1 aliphatic rings. The summed E-state index contributed by atoms with van der Waals surface area (Å²) in [6.45, 7) is 4.63. The van der Waals surface area contributed by atoms with Crippen molar-refractivity contribution in [1.29, 1.82) is 0 Å². The van der Waals surface area contributed by atoms with Gasteiger partial charge in [-0.15, -0.1) is 0 Å². The third kappa shape index (κ3) is 5.94. The average Bonchev–Trinajstić information content (AvgIpc) is 2.78. The van der Waals surface area contributed by atoms with Crippen molar-refractivity contribution in [3.63, 3.8) is 0 Å². The number of anilines is 2. The van der Waals surface area contributed by atoms with Crippen LogP contribution in [0.25, 0.3) is 0 Å². The summed E-state index contributed by atoms with van der Waals surface area (Å²) in [7, 11) is 0. The molecule has 32 heavy (non-hydrogen) atoms. The summed E-state index contributed by atoms with van der Waals surface area (Å²) in [6.07, 6.45) is 5.49. The zero-order chi connectivity index (χ0) is 22.9. The van der Waals surface area contributed by atoms with Gasteiger partial charge in [-0.2, -0.15) is 9.37 Å². The summed E-state index contributed by atoms with van der Waals surface area (Å²) in [5.74, 6) is -1.19. The van der Waals surface area contributed by atoms with E-state index in [1.807, 2.05) is 9.80 Å². The number of piperazine rings is 1. The van der Waals surface area contributed by atoms with Crippen LogP contribution in [0.3, 0.4) is 0 Å². The number of urea groups is 1. The molecule has 1 aliphatic heterocycles. The van der Waals surface area contributed by atoms with Crippen molar-refractivity contribution in [3.05, 3.63) is 48.2 Å². The Bertz CT molecular complexity index is 991. The molecule has 0 unspecified atom stereocenters. The van der Waals surface area contributed by atoms with Crippen LogP contribution in [0.1, 0.15) is 12.6 Å². The second kappa shape index (κ2) is 11.1. The number of pyridine rings is 1. The van der Waals surface area contributed by atoms with Crippen LogP contribution in [0.2, 0.25) is 0 Å². The smallest absolute Gasteiger partial charge is 0.320 e. The van der Waals surface area contributed by atoms with Gasteiger partial charge in [0.25, 0.3) is 0 Å². The van der Waals surface area contributed by atoms with Crippen LogP contribution in [0.5, 0.6) is 0 Å². The maximum atomic E-state index is 14.7. The molecule has 3 heterocycles. The Kier molecular flexibility index (Phi) is 7.97. The fourth-order valence-corrected chi connectivity index (χ4v) is 3.17. The molecule has 0 saturated carbocycles. The molecule has 2 amide bonds. The maximum Gasteiger partial charge on any atom is 0.320 e. The molecule has 0 aliphatic carbocycles. The number of allylic oxidation sites excluding steroid dienone is 1. The van der Waals surface area contributed by atoms with Crippen LogP contribution in [0.15, 0.2) is 35.7 Å². The van der Waals surface area contributed by atoms with Gasteiger partial charge in [-0.05, 0) is 31.3 Å². The van der Waals surface area contributed by atoms with Gasteiger partial charge in [0.2, 0.25) is 5.95 Å². The minimum Gasteiger partial charge on any atom is -0.405 e. The first-order valence-corrected chi connectivity index (χ1v) is 10.1. The van der Waals surface area contributed by atoms with Gasteiger partial charge >= 0.3 is 6.03 Å². The highest BCUT2D eigenvalue weighted by Gasteiger charge is 2.22. The molecule has 3 rings (SSSR count). The van der Waals surface area contributed by atoms with Gasteiger partial charge in [0.05, 0.1) is 11.4 Å². The second-order valence-corrected chi connectivity index (χ2v) is 6.87. The van der Waals surface area contributed by atoms with Crippen molar-refractivity contribution in [2.45, 2.75) is 13.5 Å². The molecule has 0 spiro atoms. The molecule has 0 aromatic carbocycles. The van der Waals surface area contributed by atoms with Gasteiger partial charge < -0.3 is 16.0 Å². The van der Waals surface area contributed by atoms with E-state index >= 15 is 0 Å². The Balaban J connectivity index is 1.59. The molecule has 4 N–H and O–H groups in total. The van der Waals surface area contributed by atoms with Crippen LogP contribution in [-0.4, -0.2) is 64.8 Å². The number of carbonyl (C=O) groups excluding carboxylic acids is 1. The van der Waals surface area contributed by atoms with Gasteiger partial charge in [0.1, 0.15) is 6.33 Å². The largest absolute Gasteiger partial charge is 0.405 e. The number of aliphatic imine (C=N–C) groups is 1. The molecule has 0 bridgehead atoms. The van der Waals surface area contributed by atoms with Crippen LogP contribution in [-0.2, 0) is 6.54 Å². The third-order valence-electron chi connectivity index (χ3n) is 4.74. The number of rotatable bonds is 7. The molecule has 170 valence electrons. The van der Waals surface area contributed by atoms with Gasteiger partial charge in [-0.3, -0.25) is 10.2 Å². The summed E-state index contributed by atoms with van der Waals surface area (Å²) in [4.78, 5) is 31.2. The van der Waals surface area contributed by atoms with E-state index in [1.54, 1.807) is 19.1 Å². The number of hydrogen-bond donors (Lipinski definition) is 3. The Hall–Kier alpha value is -3.67. The maximum absolute atomic E-state index is 14.7. The van der Waals surface area contributed by atoms with E-state index in [0.29, 0.717) is 38.4 Å². The van der Waals surface area contributed by atoms with E-state index < -0.39 is 17.8 Å². The molecular formula is C20H25F2N9O. The van der Waals surface area contributed by atoms with Crippen molar-refractivity contribution in [1.82, 2.24) is 25.2 Å². The molecule has 1 fully saturated rings.